The van der Waals surface area contributed by atoms with Crippen molar-refractivity contribution in [3.05, 3.63) is 59.5 Å². The summed E-state index contributed by atoms with van der Waals surface area (Å²) in [6.45, 7) is 0.986. The maximum Gasteiger partial charge on any atom is 0.416 e. The second-order valence-corrected chi connectivity index (χ2v) is 8.96. The van der Waals surface area contributed by atoms with Gasteiger partial charge in [-0.15, -0.1) is 11.3 Å². The Morgan fingerprint density at radius 2 is 1.81 bits per heavy atom. The molecule has 3 aromatic rings. The zero-order valence-electron chi connectivity index (χ0n) is 17.9. The van der Waals surface area contributed by atoms with Crippen LogP contribution in [-0.2, 0) is 10.9 Å². The summed E-state index contributed by atoms with van der Waals surface area (Å²) in [5, 5.41) is 7.84. The summed E-state index contributed by atoms with van der Waals surface area (Å²) in [7, 11) is 6.03. The number of likely N-dealkylation sites (N-methyl/N-ethyl adjacent to an activating group) is 1. The lowest BCUT2D eigenvalue weighted by molar-refractivity contribution is -0.870. The van der Waals surface area contributed by atoms with Gasteiger partial charge in [0.1, 0.15) is 13.2 Å². The van der Waals surface area contributed by atoms with E-state index < -0.39 is 17.8 Å². The number of rotatable bonds is 7. The fourth-order valence-electron chi connectivity index (χ4n) is 2.68. The minimum Gasteiger partial charge on any atom is -0.443 e. The number of carbonyl (C=O) groups is 1. The van der Waals surface area contributed by atoms with Gasteiger partial charge in [0, 0.05) is 22.3 Å². The number of hydrogen-bond donors (Lipinski definition) is 2. The topological polar surface area (TPSA) is 63.2 Å². The fourth-order valence-corrected chi connectivity index (χ4v) is 3.42. The summed E-state index contributed by atoms with van der Waals surface area (Å²) >= 11 is 1.27. The van der Waals surface area contributed by atoms with Gasteiger partial charge in [0.25, 0.3) is 0 Å². The van der Waals surface area contributed by atoms with E-state index in [1.54, 1.807) is 29.6 Å². The molecule has 1 heterocycles. The van der Waals surface area contributed by atoms with Crippen LogP contribution in [0.1, 0.15) is 5.56 Å². The molecule has 10 heteroatoms. The third-order valence-electron chi connectivity index (χ3n) is 4.35. The molecule has 1 amide bonds. The van der Waals surface area contributed by atoms with Crippen molar-refractivity contribution in [2.75, 3.05) is 44.9 Å². The van der Waals surface area contributed by atoms with Crippen molar-refractivity contribution < 1.29 is 27.2 Å². The number of quaternary nitrogens is 1. The molecule has 0 saturated carbocycles. The van der Waals surface area contributed by atoms with Gasteiger partial charge in [-0.1, -0.05) is 18.2 Å². The molecular formula is C22H24F3N4O2S+. The van der Waals surface area contributed by atoms with Crippen molar-refractivity contribution in [1.29, 1.82) is 0 Å². The fraction of sp³-hybridized carbons (Fsp3) is 0.273. The molecule has 0 saturated heterocycles. The molecule has 0 atom stereocenters. The third kappa shape index (κ3) is 6.96. The molecule has 0 fully saturated rings. The second-order valence-electron chi connectivity index (χ2n) is 8.10. The van der Waals surface area contributed by atoms with Crippen LogP contribution in [0, 0.1) is 0 Å². The molecule has 2 aromatic carbocycles. The number of carbonyl (C=O) groups excluding carboxylic acids is 1. The maximum absolute atomic E-state index is 12.9. The predicted octanol–water partition coefficient (Wildman–Crippen LogP) is 5.83. The highest BCUT2D eigenvalue weighted by Crippen LogP contribution is 2.33. The van der Waals surface area contributed by atoms with E-state index in [1.807, 2.05) is 27.2 Å². The van der Waals surface area contributed by atoms with E-state index in [0.29, 0.717) is 39.8 Å². The summed E-state index contributed by atoms with van der Waals surface area (Å²) in [4.78, 5) is 16.5. The summed E-state index contributed by atoms with van der Waals surface area (Å²) in [6, 6.07) is 12.0. The van der Waals surface area contributed by atoms with E-state index in [-0.39, 0.29) is 0 Å². The van der Waals surface area contributed by atoms with Crippen molar-refractivity contribution in [3.8, 4) is 11.3 Å². The minimum absolute atomic E-state index is 0.297. The summed E-state index contributed by atoms with van der Waals surface area (Å²) < 4.78 is 44.6. The van der Waals surface area contributed by atoms with Crippen LogP contribution in [0.25, 0.3) is 11.3 Å². The van der Waals surface area contributed by atoms with E-state index in [4.69, 9.17) is 4.74 Å². The number of ether oxygens (including phenoxy) is 1. The van der Waals surface area contributed by atoms with E-state index >= 15 is 0 Å². The first-order chi connectivity index (χ1) is 15.0. The quantitative estimate of drug-likeness (QED) is 0.431. The average Bonchev–Trinajstić information content (AvgIpc) is 3.15. The van der Waals surface area contributed by atoms with Crippen LogP contribution in [-0.4, -0.2) is 49.9 Å². The summed E-state index contributed by atoms with van der Waals surface area (Å²) in [6.07, 6.45) is -4.95. The lowest BCUT2D eigenvalue weighted by Crippen LogP contribution is -2.38. The smallest absolute Gasteiger partial charge is 0.416 e. The van der Waals surface area contributed by atoms with E-state index in [9.17, 15) is 18.0 Å². The highest BCUT2D eigenvalue weighted by molar-refractivity contribution is 7.14. The van der Waals surface area contributed by atoms with Crippen LogP contribution in [0.4, 0.5) is 34.5 Å². The number of anilines is 3. The number of halogens is 3. The van der Waals surface area contributed by atoms with Crippen molar-refractivity contribution >= 4 is 33.9 Å². The average molecular weight is 466 g/mol. The number of hydrogen-bond acceptors (Lipinski definition) is 5. The lowest BCUT2D eigenvalue weighted by Gasteiger charge is -2.23. The van der Waals surface area contributed by atoms with Crippen LogP contribution < -0.4 is 10.6 Å². The van der Waals surface area contributed by atoms with Crippen molar-refractivity contribution in [2.45, 2.75) is 6.18 Å². The molecule has 32 heavy (non-hydrogen) atoms. The minimum atomic E-state index is -4.41. The van der Waals surface area contributed by atoms with Crippen molar-refractivity contribution in [1.82, 2.24) is 4.98 Å². The summed E-state index contributed by atoms with van der Waals surface area (Å²) in [5.41, 5.74) is 1.51. The van der Waals surface area contributed by atoms with Gasteiger partial charge in [-0.25, -0.2) is 9.78 Å². The molecular weight excluding hydrogens is 441 g/mol. The number of aromatic nitrogens is 1. The molecule has 0 aliphatic carbocycles. The van der Waals surface area contributed by atoms with Gasteiger partial charge in [0.2, 0.25) is 0 Å². The molecule has 0 aliphatic rings. The Bertz CT molecular complexity index is 1080. The monoisotopic (exact) mass is 465 g/mol. The SMILES string of the molecule is C[N+](C)(C)CCOC(=O)Nc1cccc(-c2csc(Nc3cccc(C(F)(F)F)c3)n2)c1. The van der Waals surface area contributed by atoms with Crippen molar-refractivity contribution in [3.63, 3.8) is 0 Å². The first-order valence-electron chi connectivity index (χ1n) is 9.74. The van der Waals surface area contributed by atoms with E-state index in [2.05, 4.69) is 15.6 Å². The van der Waals surface area contributed by atoms with Gasteiger partial charge in [0.05, 0.1) is 32.4 Å². The first-order valence-corrected chi connectivity index (χ1v) is 10.6. The molecule has 2 N–H and O–H groups in total. The number of alkyl halides is 3. The van der Waals surface area contributed by atoms with Gasteiger partial charge in [-0.3, -0.25) is 5.32 Å². The Morgan fingerprint density at radius 3 is 2.53 bits per heavy atom. The first kappa shape index (κ1) is 23.6. The van der Waals surface area contributed by atoms with Crippen LogP contribution in [0.5, 0.6) is 0 Å². The zero-order valence-corrected chi connectivity index (χ0v) is 18.7. The maximum atomic E-state index is 12.9. The highest BCUT2D eigenvalue weighted by Gasteiger charge is 2.30. The molecule has 3 rings (SSSR count). The van der Waals surface area contributed by atoms with Crippen LogP contribution in [0.2, 0.25) is 0 Å². The molecule has 1 aromatic heterocycles. The number of amides is 1. The largest absolute Gasteiger partial charge is 0.443 e. The zero-order chi connectivity index (χ0) is 23.4. The normalized spacial score (nSPS) is 11.8. The lowest BCUT2D eigenvalue weighted by atomic mass is 10.1. The number of nitrogens with zero attached hydrogens (tertiary/aromatic N) is 2. The molecule has 0 bridgehead atoms. The van der Waals surface area contributed by atoms with Gasteiger partial charge in [-0.2, -0.15) is 13.2 Å². The summed E-state index contributed by atoms with van der Waals surface area (Å²) in [5.74, 6) is 0. The standard InChI is InChI=1S/C22H23F3N4O2S/c1-29(2,3)10-11-31-21(30)27-17-8-4-6-15(12-17)19-14-32-20(28-19)26-18-9-5-7-16(13-18)22(23,24)25/h4-9,12-14H,10-11H2,1-3H3,(H-,26,27,28,30)/p+1. The molecule has 6 nitrogen and oxygen atoms in total. The number of benzene rings is 2. The van der Waals surface area contributed by atoms with E-state index in [0.717, 1.165) is 17.7 Å². The number of thiazole rings is 1. The van der Waals surface area contributed by atoms with Crippen molar-refractivity contribution in [2.24, 2.45) is 0 Å². The predicted molar refractivity (Wildman–Crippen MR) is 120 cm³/mol. The van der Waals surface area contributed by atoms with E-state index in [1.165, 1.54) is 17.4 Å². The Morgan fingerprint density at radius 1 is 1.09 bits per heavy atom. The van der Waals surface area contributed by atoms with Crippen LogP contribution in [0.15, 0.2) is 53.9 Å². The van der Waals surface area contributed by atoms with Gasteiger partial charge in [-0.05, 0) is 30.3 Å². The molecule has 170 valence electrons. The van der Waals surface area contributed by atoms with Crippen LogP contribution in [0.3, 0.4) is 0 Å². The second kappa shape index (κ2) is 9.58. The van der Waals surface area contributed by atoms with Gasteiger partial charge >= 0.3 is 12.3 Å². The molecule has 0 radical (unpaired) electrons. The van der Waals surface area contributed by atoms with Gasteiger partial charge < -0.3 is 14.5 Å². The Labute approximate surface area is 188 Å². The Balaban J connectivity index is 1.64. The molecule has 0 aliphatic heterocycles. The number of nitrogens with one attached hydrogen (secondary N) is 2. The third-order valence-corrected chi connectivity index (χ3v) is 5.10. The molecule has 0 unspecified atom stereocenters. The van der Waals surface area contributed by atoms with Crippen LogP contribution >= 0.6 is 11.3 Å². The molecule has 0 spiro atoms. The van der Waals surface area contributed by atoms with Gasteiger partial charge in [0.15, 0.2) is 5.13 Å². The Hall–Kier alpha value is -3.11. The Kier molecular flexibility index (Phi) is 7.05. The highest BCUT2D eigenvalue weighted by atomic mass is 32.1.